The van der Waals surface area contributed by atoms with Crippen molar-refractivity contribution in [3.05, 3.63) is 11.3 Å². The normalized spacial score (nSPS) is 28.8. The maximum Gasteiger partial charge on any atom is 0.413 e. The van der Waals surface area contributed by atoms with E-state index in [1.807, 2.05) is 0 Å². The molecule has 0 aromatic carbocycles. The number of nitrogens with zero attached hydrogens (tertiary/aromatic N) is 2. The predicted molar refractivity (Wildman–Crippen MR) is 80.1 cm³/mol. The molecule has 24 heavy (non-hydrogen) atoms. The van der Waals surface area contributed by atoms with Crippen molar-refractivity contribution in [2.75, 3.05) is 5.32 Å². The third-order valence-electron chi connectivity index (χ3n) is 5.11. The van der Waals surface area contributed by atoms with Crippen molar-refractivity contribution in [1.82, 2.24) is 9.78 Å². The lowest BCUT2D eigenvalue weighted by Gasteiger charge is -2.34. The Morgan fingerprint density at radius 1 is 1.29 bits per heavy atom. The number of aromatic nitrogens is 2. The molecule has 3 fully saturated rings. The molecule has 0 spiro atoms. The van der Waals surface area contributed by atoms with Crippen molar-refractivity contribution in [1.29, 1.82) is 0 Å². The van der Waals surface area contributed by atoms with Gasteiger partial charge in [0.2, 0.25) is 5.92 Å². The summed E-state index contributed by atoms with van der Waals surface area (Å²) < 4.78 is 45.9. The van der Waals surface area contributed by atoms with E-state index >= 15 is 0 Å². The van der Waals surface area contributed by atoms with E-state index in [1.165, 1.54) is 4.68 Å². The first-order valence-electron chi connectivity index (χ1n) is 8.39. The van der Waals surface area contributed by atoms with Crippen LogP contribution in [0.2, 0.25) is 0 Å². The van der Waals surface area contributed by atoms with E-state index < -0.39 is 18.2 Å². The van der Waals surface area contributed by atoms with Crippen LogP contribution < -0.4 is 5.32 Å². The average molecular weight is 343 g/mol. The van der Waals surface area contributed by atoms with Crippen LogP contribution in [-0.2, 0) is 11.8 Å². The molecule has 3 aliphatic rings. The van der Waals surface area contributed by atoms with Crippen LogP contribution in [0.15, 0.2) is 0 Å². The van der Waals surface area contributed by atoms with Gasteiger partial charge < -0.3 is 4.74 Å². The van der Waals surface area contributed by atoms with Gasteiger partial charge >= 0.3 is 6.09 Å². The molecule has 1 heterocycles. The quantitative estimate of drug-likeness (QED) is 0.903. The van der Waals surface area contributed by atoms with Gasteiger partial charge in [-0.05, 0) is 18.8 Å². The Kier molecular flexibility index (Phi) is 3.54. The van der Waals surface area contributed by atoms with Crippen molar-refractivity contribution in [2.24, 2.45) is 7.05 Å². The monoisotopic (exact) mass is 343 g/mol. The summed E-state index contributed by atoms with van der Waals surface area (Å²) in [6.45, 7) is 0. The summed E-state index contributed by atoms with van der Waals surface area (Å²) in [5, 5.41) is 7.08. The van der Waals surface area contributed by atoms with E-state index in [-0.39, 0.29) is 43.6 Å². The van der Waals surface area contributed by atoms with Crippen molar-refractivity contribution >= 4 is 11.9 Å². The predicted octanol–water partition coefficient (Wildman–Crippen LogP) is 3.86. The van der Waals surface area contributed by atoms with Crippen molar-refractivity contribution in [2.45, 2.75) is 68.6 Å². The summed E-state index contributed by atoms with van der Waals surface area (Å²) in [7, 11) is 1.68. The first-order chi connectivity index (χ1) is 11.3. The molecule has 1 aromatic rings. The van der Waals surface area contributed by atoms with Crippen LogP contribution in [-0.4, -0.2) is 34.1 Å². The Morgan fingerprint density at radius 2 is 1.96 bits per heavy atom. The van der Waals surface area contributed by atoms with Crippen molar-refractivity contribution in [3.63, 3.8) is 0 Å². The standard InChI is InChI=1S/C16H20F3N3O2/c1-22-14(20-15(23)24-11-4-10(17)5-11)12(8-2-3-8)13(21-22)9-6-16(18,19)7-9/h8-11H,2-7H2,1H3,(H,20,23). The molecule has 0 saturated heterocycles. The molecule has 0 atom stereocenters. The maximum absolute atomic E-state index is 13.2. The summed E-state index contributed by atoms with van der Waals surface area (Å²) in [5.74, 6) is -2.09. The number of aryl methyl sites for hydroxylation is 1. The lowest BCUT2D eigenvalue weighted by molar-refractivity contribution is -0.0878. The molecule has 3 aliphatic carbocycles. The largest absolute Gasteiger partial charge is 0.446 e. The van der Waals surface area contributed by atoms with E-state index in [0.717, 1.165) is 18.4 Å². The fourth-order valence-corrected chi connectivity index (χ4v) is 3.52. The molecule has 0 radical (unpaired) electrons. The fraction of sp³-hybridized carbons (Fsp3) is 0.750. The highest BCUT2D eigenvalue weighted by Gasteiger charge is 2.49. The number of rotatable bonds is 4. The van der Waals surface area contributed by atoms with Gasteiger partial charge in [0.25, 0.3) is 0 Å². The minimum Gasteiger partial charge on any atom is -0.446 e. The summed E-state index contributed by atoms with van der Waals surface area (Å²) in [5.41, 5.74) is 1.54. The minimum absolute atomic E-state index is 0.187. The Morgan fingerprint density at radius 3 is 2.50 bits per heavy atom. The lowest BCUT2D eigenvalue weighted by Crippen LogP contribution is -2.36. The highest BCUT2D eigenvalue weighted by Crippen LogP contribution is 2.53. The van der Waals surface area contributed by atoms with E-state index in [4.69, 9.17) is 4.74 Å². The highest BCUT2D eigenvalue weighted by molar-refractivity contribution is 5.85. The Balaban J connectivity index is 1.50. The number of halogens is 3. The average Bonchev–Trinajstić information content (AvgIpc) is 3.21. The molecule has 1 N–H and O–H groups in total. The van der Waals surface area contributed by atoms with Crippen LogP contribution in [0.1, 0.15) is 61.6 Å². The number of carbonyl (C=O) groups is 1. The first-order valence-corrected chi connectivity index (χ1v) is 8.39. The Hall–Kier alpha value is -1.73. The second-order valence-corrected chi connectivity index (χ2v) is 7.23. The number of carbonyl (C=O) groups excluding carboxylic acids is 1. The second-order valence-electron chi connectivity index (χ2n) is 7.23. The molecule has 0 unspecified atom stereocenters. The SMILES string of the molecule is Cn1nc(C2CC(F)(F)C2)c(C2CC2)c1NC(=O)OC1CC(F)C1. The van der Waals surface area contributed by atoms with Crippen molar-refractivity contribution in [3.8, 4) is 0 Å². The van der Waals surface area contributed by atoms with Gasteiger partial charge in [0, 0.05) is 44.2 Å². The zero-order valence-electron chi connectivity index (χ0n) is 13.4. The molecule has 4 rings (SSSR count). The molecular formula is C16H20F3N3O2. The van der Waals surface area contributed by atoms with E-state index in [9.17, 15) is 18.0 Å². The summed E-state index contributed by atoms with van der Waals surface area (Å²) in [4.78, 5) is 12.0. The zero-order chi connectivity index (χ0) is 17.1. The fourth-order valence-electron chi connectivity index (χ4n) is 3.52. The van der Waals surface area contributed by atoms with Crippen molar-refractivity contribution < 1.29 is 22.7 Å². The number of alkyl halides is 3. The second kappa shape index (κ2) is 5.39. The van der Waals surface area contributed by atoms with E-state index in [0.29, 0.717) is 11.5 Å². The Labute approximate surface area is 137 Å². The van der Waals surface area contributed by atoms with E-state index in [2.05, 4.69) is 10.4 Å². The third kappa shape index (κ3) is 2.86. The summed E-state index contributed by atoms with van der Waals surface area (Å²) >= 11 is 0. The molecule has 1 amide bonds. The van der Waals surface area contributed by atoms with Gasteiger partial charge in [-0.25, -0.2) is 18.0 Å². The van der Waals surface area contributed by atoms with Gasteiger partial charge in [0.1, 0.15) is 18.1 Å². The number of amides is 1. The molecular weight excluding hydrogens is 323 g/mol. The van der Waals surface area contributed by atoms with Gasteiger partial charge in [0.05, 0.1) is 5.69 Å². The number of ether oxygens (including phenoxy) is 1. The Bertz CT molecular complexity index is 658. The lowest BCUT2D eigenvalue weighted by atomic mass is 9.77. The first kappa shape index (κ1) is 15.8. The van der Waals surface area contributed by atoms with Crippen LogP contribution in [0.4, 0.5) is 23.8 Å². The summed E-state index contributed by atoms with van der Waals surface area (Å²) in [6, 6.07) is 0. The topological polar surface area (TPSA) is 56.2 Å². The number of hydrogen-bond donors (Lipinski definition) is 1. The van der Waals surface area contributed by atoms with E-state index in [1.54, 1.807) is 7.05 Å². The van der Waals surface area contributed by atoms with Gasteiger partial charge in [-0.2, -0.15) is 5.10 Å². The third-order valence-corrected chi connectivity index (χ3v) is 5.11. The van der Waals surface area contributed by atoms with Gasteiger partial charge in [0.15, 0.2) is 0 Å². The number of anilines is 1. The van der Waals surface area contributed by atoms with Crippen LogP contribution in [0.25, 0.3) is 0 Å². The van der Waals surface area contributed by atoms with Gasteiger partial charge in [-0.15, -0.1) is 0 Å². The van der Waals surface area contributed by atoms with Crippen LogP contribution >= 0.6 is 0 Å². The highest BCUT2D eigenvalue weighted by atomic mass is 19.3. The molecule has 3 saturated carbocycles. The molecule has 8 heteroatoms. The summed E-state index contributed by atoms with van der Waals surface area (Å²) in [6.07, 6.45) is 0.113. The van der Waals surface area contributed by atoms with Gasteiger partial charge in [-0.3, -0.25) is 10.00 Å². The smallest absolute Gasteiger partial charge is 0.413 e. The minimum atomic E-state index is -2.61. The van der Waals surface area contributed by atoms with Crippen LogP contribution in [0.5, 0.6) is 0 Å². The van der Waals surface area contributed by atoms with Crippen LogP contribution in [0.3, 0.4) is 0 Å². The zero-order valence-corrected chi connectivity index (χ0v) is 13.4. The number of nitrogens with one attached hydrogen (secondary N) is 1. The molecule has 1 aromatic heterocycles. The molecule has 0 aliphatic heterocycles. The number of hydrogen-bond acceptors (Lipinski definition) is 3. The molecule has 132 valence electrons. The van der Waals surface area contributed by atoms with Crippen LogP contribution in [0, 0.1) is 0 Å². The maximum atomic E-state index is 13.2. The molecule has 0 bridgehead atoms. The molecule has 5 nitrogen and oxygen atoms in total. The van der Waals surface area contributed by atoms with Gasteiger partial charge in [-0.1, -0.05) is 0 Å².